The van der Waals surface area contributed by atoms with Crippen LogP contribution in [-0.4, -0.2) is 52.8 Å². The Morgan fingerprint density at radius 2 is 1.84 bits per heavy atom. The third-order valence-corrected chi connectivity index (χ3v) is 7.38. The summed E-state index contributed by atoms with van der Waals surface area (Å²) >= 11 is 25.0. The van der Waals surface area contributed by atoms with Crippen molar-refractivity contribution in [1.29, 1.82) is 0 Å². The molecule has 0 N–H and O–H groups in total. The first-order chi connectivity index (χ1) is 15.3. The Balaban J connectivity index is 1.73. The van der Waals surface area contributed by atoms with Gasteiger partial charge in [-0.2, -0.15) is 0 Å². The Morgan fingerprint density at radius 1 is 1.16 bits per heavy atom. The lowest BCUT2D eigenvalue weighted by Gasteiger charge is -2.37. The maximum absolute atomic E-state index is 12.9. The van der Waals surface area contributed by atoms with Gasteiger partial charge in [-0.15, -0.1) is 21.8 Å². The molecule has 1 atom stereocenters. The fraction of sp³-hybridized carbons (Fsp3) is 0.500. The number of carbonyl (C=O) groups is 2. The molecule has 1 aliphatic heterocycles. The van der Waals surface area contributed by atoms with E-state index in [1.807, 2.05) is 0 Å². The predicted octanol–water partition coefficient (Wildman–Crippen LogP) is 6.29. The maximum atomic E-state index is 12.9. The molecule has 32 heavy (non-hydrogen) atoms. The first kappa shape index (κ1) is 25.3. The van der Waals surface area contributed by atoms with E-state index in [1.54, 1.807) is 11.9 Å². The van der Waals surface area contributed by atoms with Gasteiger partial charge in [0.2, 0.25) is 5.13 Å². The molecule has 0 spiro atoms. The van der Waals surface area contributed by atoms with Crippen LogP contribution in [0.2, 0.25) is 15.1 Å². The number of urea groups is 1. The van der Waals surface area contributed by atoms with Crippen LogP contribution >= 0.6 is 57.7 Å². The molecular weight excluding hydrogens is 518 g/mol. The van der Waals surface area contributed by atoms with Gasteiger partial charge in [0.15, 0.2) is 6.23 Å². The fourth-order valence-corrected chi connectivity index (χ4v) is 4.88. The number of ether oxygens (including phenoxy) is 1. The minimum absolute atomic E-state index is 0.141. The standard InChI is InChI=1S/C20H22Cl4N4O3S/c1-27-9-7-16(31-18(29)12-10-13(22)17(24)14(23)11-12)28(20(27)30)19-26-25-15(32-19)6-4-2-3-5-8-21/h10-11,16H,2-9H2,1H3. The molecule has 1 aromatic heterocycles. The van der Waals surface area contributed by atoms with E-state index in [0.29, 0.717) is 24.0 Å². The number of anilines is 1. The summed E-state index contributed by atoms with van der Waals surface area (Å²) in [6.07, 6.45) is 4.44. The molecule has 174 valence electrons. The van der Waals surface area contributed by atoms with Crippen LogP contribution in [-0.2, 0) is 11.2 Å². The lowest BCUT2D eigenvalue weighted by atomic mass is 10.2. The molecule has 12 heteroatoms. The van der Waals surface area contributed by atoms with Crippen molar-refractivity contribution in [3.8, 4) is 0 Å². The SMILES string of the molecule is CN1CCC(OC(=O)c2cc(Cl)c(Cl)c(Cl)c2)N(c2nnc(CCCCCCCl)s2)C1=O. The highest BCUT2D eigenvalue weighted by molar-refractivity contribution is 7.15. The van der Waals surface area contributed by atoms with Gasteiger partial charge in [-0.3, -0.25) is 0 Å². The second kappa shape index (κ2) is 11.7. The number of unbranched alkanes of at least 4 members (excludes halogenated alkanes) is 3. The number of rotatable bonds is 9. The van der Waals surface area contributed by atoms with Crippen LogP contribution in [0.5, 0.6) is 0 Å². The van der Waals surface area contributed by atoms with E-state index in [9.17, 15) is 9.59 Å². The van der Waals surface area contributed by atoms with Crippen molar-refractivity contribution in [2.24, 2.45) is 0 Å². The molecule has 1 unspecified atom stereocenters. The second-order valence-corrected chi connectivity index (χ2v) is 9.92. The number of hydrogen-bond donors (Lipinski definition) is 0. The number of carbonyl (C=O) groups excluding carboxylic acids is 2. The van der Waals surface area contributed by atoms with E-state index in [1.165, 1.54) is 28.4 Å². The smallest absolute Gasteiger partial charge is 0.340 e. The van der Waals surface area contributed by atoms with Gasteiger partial charge in [-0.25, -0.2) is 14.5 Å². The van der Waals surface area contributed by atoms with Crippen LogP contribution < -0.4 is 4.90 Å². The number of esters is 1. The van der Waals surface area contributed by atoms with Crippen molar-refractivity contribution >= 4 is 74.9 Å². The second-order valence-electron chi connectivity index (χ2n) is 7.31. The summed E-state index contributed by atoms with van der Waals surface area (Å²) in [6.45, 7) is 0.432. The normalized spacial score (nSPS) is 16.5. The van der Waals surface area contributed by atoms with Gasteiger partial charge in [0.25, 0.3) is 0 Å². The molecule has 2 amide bonds. The van der Waals surface area contributed by atoms with Crippen molar-refractivity contribution in [1.82, 2.24) is 15.1 Å². The summed E-state index contributed by atoms with van der Waals surface area (Å²) in [7, 11) is 1.69. The van der Waals surface area contributed by atoms with Crippen LogP contribution in [0.1, 0.15) is 47.5 Å². The van der Waals surface area contributed by atoms with Crippen molar-refractivity contribution in [3.05, 3.63) is 37.8 Å². The molecule has 3 rings (SSSR count). The largest absolute Gasteiger partial charge is 0.437 e. The molecule has 2 aromatic rings. The van der Waals surface area contributed by atoms with Crippen LogP contribution in [0.3, 0.4) is 0 Å². The average Bonchev–Trinajstić information content (AvgIpc) is 3.22. The summed E-state index contributed by atoms with van der Waals surface area (Å²) in [5.74, 6) is 0.00378. The maximum Gasteiger partial charge on any atom is 0.340 e. The number of benzene rings is 1. The zero-order valence-corrected chi connectivity index (χ0v) is 21.2. The first-order valence-corrected chi connectivity index (χ1v) is 12.6. The molecule has 1 fully saturated rings. The molecule has 0 radical (unpaired) electrons. The van der Waals surface area contributed by atoms with Gasteiger partial charge in [0.1, 0.15) is 5.01 Å². The van der Waals surface area contributed by atoms with Crippen molar-refractivity contribution in [3.63, 3.8) is 0 Å². The molecule has 1 aromatic carbocycles. The Bertz CT molecular complexity index is 951. The van der Waals surface area contributed by atoms with E-state index < -0.39 is 12.2 Å². The van der Waals surface area contributed by atoms with E-state index in [0.717, 1.165) is 37.1 Å². The number of amides is 2. The molecule has 2 heterocycles. The van der Waals surface area contributed by atoms with E-state index >= 15 is 0 Å². The van der Waals surface area contributed by atoms with Gasteiger partial charge >= 0.3 is 12.0 Å². The Kier molecular flexibility index (Phi) is 9.25. The van der Waals surface area contributed by atoms with Crippen molar-refractivity contribution < 1.29 is 14.3 Å². The van der Waals surface area contributed by atoms with Crippen molar-refractivity contribution in [2.45, 2.75) is 44.8 Å². The zero-order valence-electron chi connectivity index (χ0n) is 17.3. The van der Waals surface area contributed by atoms with Crippen molar-refractivity contribution in [2.75, 3.05) is 24.4 Å². The highest BCUT2D eigenvalue weighted by Crippen LogP contribution is 2.33. The van der Waals surface area contributed by atoms with Crippen LogP contribution in [0, 0.1) is 0 Å². The Morgan fingerprint density at radius 3 is 2.53 bits per heavy atom. The minimum atomic E-state index is -0.830. The monoisotopic (exact) mass is 538 g/mol. The lowest BCUT2D eigenvalue weighted by Crippen LogP contribution is -2.54. The van der Waals surface area contributed by atoms with Crippen LogP contribution in [0.15, 0.2) is 12.1 Å². The highest BCUT2D eigenvalue weighted by Gasteiger charge is 2.37. The number of aromatic nitrogens is 2. The molecule has 0 bridgehead atoms. The summed E-state index contributed by atoms with van der Waals surface area (Å²) < 4.78 is 5.65. The average molecular weight is 540 g/mol. The van der Waals surface area contributed by atoms with E-state index in [4.69, 9.17) is 51.1 Å². The molecule has 0 saturated carbocycles. The fourth-order valence-electron chi connectivity index (χ4n) is 3.18. The quantitative estimate of drug-likeness (QED) is 0.162. The highest BCUT2D eigenvalue weighted by atomic mass is 35.5. The molecule has 7 nitrogen and oxygen atoms in total. The molecular formula is C20H22Cl4N4O3S. The van der Waals surface area contributed by atoms with Gasteiger partial charge in [0.05, 0.1) is 20.6 Å². The van der Waals surface area contributed by atoms with Gasteiger partial charge in [-0.05, 0) is 25.0 Å². The van der Waals surface area contributed by atoms with Crippen LogP contribution in [0.25, 0.3) is 0 Å². The molecule has 1 saturated heterocycles. The summed E-state index contributed by atoms with van der Waals surface area (Å²) in [5.41, 5.74) is 0.144. The minimum Gasteiger partial charge on any atom is -0.437 e. The molecule has 1 aliphatic rings. The lowest BCUT2D eigenvalue weighted by molar-refractivity contribution is 0.0229. The number of halogens is 4. The summed E-state index contributed by atoms with van der Waals surface area (Å²) in [4.78, 5) is 28.5. The number of nitrogens with zero attached hydrogens (tertiary/aromatic N) is 4. The van der Waals surface area contributed by atoms with E-state index in [-0.39, 0.29) is 26.7 Å². The van der Waals surface area contributed by atoms with Crippen LogP contribution in [0.4, 0.5) is 9.93 Å². The number of hydrogen-bond acceptors (Lipinski definition) is 6. The first-order valence-electron chi connectivity index (χ1n) is 10.1. The molecule has 0 aliphatic carbocycles. The summed E-state index contributed by atoms with van der Waals surface area (Å²) in [5, 5.41) is 10.1. The van der Waals surface area contributed by atoms with E-state index in [2.05, 4.69) is 10.2 Å². The predicted molar refractivity (Wildman–Crippen MR) is 129 cm³/mol. The van der Waals surface area contributed by atoms with Gasteiger partial charge in [0, 0.05) is 32.3 Å². The third-order valence-electron chi connectivity index (χ3n) is 4.93. The number of aryl methyl sites for hydroxylation is 1. The zero-order chi connectivity index (χ0) is 23.3. The Hall–Kier alpha value is -1.32. The van der Waals surface area contributed by atoms with Gasteiger partial charge in [-0.1, -0.05) is 59.0 Å². The van der Waals surface area contributed by atoms with Gasteiger partial charge < -0.3 is 9.64 Å². The summed E-state index contributed by atoms with van der Waals surface area (Å²) in [6, 6.07) is 2.45. The number of alkyl halides is 1. The topological polar surface area (TPSA) is 75.6 Å². The Labute approximate surface area is 210 Å². The third kappa shape index (κ3) is 6.17.